The minimum atomic E-state index is 0.0990. The maximum absolute atomic E-state index is 5.98. The molecule has 1 aliphatic carbocycles. The van der Waals surface area contributed by atoms with Crippen LogP contribution in [0.5, 0.6) is 0 Å². The minimum absolute atomic E-state index is 0.0990. The Bertz CT molecular complexity index is 409. The van der Waals surface area contributed by atoms with Gasteiger partial charge in [0.15, 0.2) is 0 Å². The van der Waals surface area contributed by atoms with E-state index in [1.54, 1.807) is 6.34 Å². The predicted octanol–water partition coefficient (Wildman–Crippen LogP) is 0.228. The Morgan fingerprint density at radius 3 is 3.11 bits per heavy atom. The first-order valence-electron chi connectivity index (χ1n) is 6.34. The Hall–Kier alpha value is -1.13. The molecule has 0 bridgehead atoms. The molecular formula is C13H20ClN4+. The molecular weight excluding hydrogens is 248 g/mol. The number of amidine groups is 1. The average molecular weight is 268 g/mol. The van der Waals surface area contributed by atoms with Gasteiger partial charge in [-0.3, -0.25) is 9.98 Å². The van der Waals surface area contributed by atoms with Crippen molar-refractivity contribution in [1.29, 1.82) is 0 Å². The van der Waals surface area contributed by atoms with Crippen LogP contribution in [0.25, 0.3) is 0 Å². The molecule has 0 saturated heterocycles. The molecule has 0 radical (unpaired) electrons. The predicted molar refractivity (Wildman–Crippen MR) is 76.6 cm³/mol. The second-order valence-electron chi connectivity index (χ2n) is 4.93. The summed E-state index contributed by atoms with van der Waals surface area (Å²) in [5.41, 5.74) is 0. The summed E-state index contributed by atoms with van der Waals surface area (Å²) in [7, 11) is 4.32. The van der Waals surface area contributed by atoms with Gasteiger partial charge in [-0.25, -0.2) is 0 Å². The molecule has 2 atom stereocenters. The lowest BCUT2D eigenvalue weighted by molar-refractivity contribution is -0.858. The van der Waals surface area contributed by atoms with Gasteiger partial charge in [0.25, 0.3) is 0 Å². The highest BCUT2D eigenvalue weighted by Gasteiger charge is 2.26. The van der Waals surface area contributed by atoms with E-state index in [9.17, 15) is 0 Å². The van der Waals surface area contributed by atoms with Gasteiger partial charge in [-0.05, 0) is 12.2 Å². The van der Waals surface area contributed by atoms with Crippen molar-refractivity contribution in [3.8, 4) is 0 Å². The van der Waals surface area contributed by atoms with Crippen molar-refractivity contribution in [2.24, 2.45) is 15.9 Å². The molecule has 2 rings (SSSR count). The SMILES string of the molecule is C[NH+](C)CCCN=C1NC=N[C@H]2C=C(Cl)C=C[C@H]12. The fourth-order valence-electron chi connectivity index (χ4n) is 2.09. The largest absolute Gasteiger partial charge is 0.340 e. The molecule has 0 fully saturated rings. The van der Waals surface area contributed by atoms with Gasteiger partial charge in [0, 0.05) is 18.0 Å². The Morgan fingerprint density at radius 2 is 2.33 bits per heavy atom. The summed E-state index contributed by atoms with van der Waals surface area (Å²) < 4.78 is 0. The molecule has 5 heteroatoms. The van der Waals surface area contributed by atoms with Crippen molar-refractivity contribution in [3.63, 3.8) is 0 Å². The van der Waals surface area contributed by atoms with Crippen LogP contribution in [0.15, 0.2) is 33.2 Å². The first-order chi connectivity index (χ1) is 8.66. The fourth-order valence-corrected chi connectivity index (χ4v) is 2.29. The number of halogens is 1. The van der Waals surface area contributed by atoms with Crippen LogP contribution in [0.4, 0.5) is 0 Å². The summed E-state index contributed by atoms with van der Waals surface area (Å²) in [6.45, 7) is 2.00. The third kappa shape index (κ3) is 3.43. The average Bonchev–Trinajstić information content (AvgIpc) is 2.34. The number of quaternary nitrogens is 1. The van der Waals surface area contributed by atoms with Crippen LogP contribution >= 0.6 is 11.6 Å². The molecule has 0 aromatic carbocycles. The van der Waals surface area contributed by atoms with Crippen LogP contribution < -0.4 is 10.2 Å². The van der Waals surface area contributed by atoms with Crippen LogP contribution in [0.2, 0.25) is 0 Å². The monoisotopic (exact) mass is 267 g/mol. The topological polar surface area (TPSA) is 41.2 Å². The number of fused-ring (bicyclic) bond motifs is 1. The third-order valence-electron chi connectivity index (χ3n) is 3.05. The molecule has 1 heterocycles. The lowest BCUT2D eigenvalue weighted by Crippen LogP contribution is -3.05. The van der Waals surface area contributed by atoms with Crippen molar-refractivity contribution in [2.45, 2.75) is 12.5 Å². The number of hydrogen-bond acceptors (Lipinski definition) is 2. The minimum Gasteiger partial charge on any atom is -0.340 e. The quantitative estimate of drug-likeness (QED) is 0.704. The zero-order valence-corrected chi connectivity index (χ0v) is 11.6. The zero-order valence-electron chi connectivity index (χ0n) is 10.9. The zero-order chi connectivity index (χ0) is 13.0. The van der Waals surface area contributed by atoms with Gasteiger partial charge in [0.1, 0.15) is 5.84 Å². The summed E-state index contributed by atoms with van der Waals surface area (Å²) in [6, 6.07) is 0.0990. The third-order valence-corrected chi connectivity index (χ3v) is 3.30. The normalized spacial score (nSPS) is 28.2. The number of aliphatic imine (C=N–C) groups is 2. The smallest absolute Gasteiger partial charge is 0.111 e. The second kappa shape index (κ2) is 6.16. The molecule has 4 nitrogen and oxygen atoms in total. The fraction of sp³-hybridized carbons (Fsp3) is 0.538. The summed E-state index contributed by atoms with van der Waals surface area (Å²) in [6.07, 6.45) is 8.79. The van der Waals surface area contributed by atoms with Crippen molar-refractivity contribution in [3.05, 3.63) is 23.3 Å². The van der Waals surface area contributed by atoms with E-state index < -0.39 is 0 Å². The summed E-state index contributed by atoms with van der Waals surface area (Å²) >= 11 is 5.98. The van der Waals surface area contributed by atoms with Gasteiger partial charge in [-0.1, -0.05) is 17.7 Å². The Balaban J connectivity index is 1.96. The summed E-state index contributed by atoms with van der Waals surface area (Å²) in [5, 5.41) is 3.90. The van der Waals surface area contributed by atoms with Crippen molar-refractivity contribution >= 4 is 23.8 Å². The summed E-state index contributed by atoms with van der Waals surface area (Å²) in [4.78, 5) is 10.5. The maximum atomic E-state index is 5.98. The van der Waals surface area contributed by atoms with E-state index in [1.807, 2.05) is 12.2 Å². The van der Waals surface area contributed by atoms with E-state index in [4.69, 9.17) is 11.6 Å². The van der Waals surface area contributed by atoms with Gasteiger partial charge in [-0.15, -0.1) is 0 Å². The lowest BCUT2D eigenvalue weighted by atomic mass is 9.93. The van der Waals surface area contributed by atoms with E-state index in [0.29, 0.717) is 0 Å². The van der Waals surface area contributed by atoms with Gasteiger partial charge < -0.3 is 10.2 Å². The molecule has 0 amide bonds. The Labute approximate surface area is 113 Å². The molecule has 18 heavy (non-hydrogen) atoms. The number of nitrogens with one attached hydrogen (secondary N) is 2. The number of nitrogens with zero attached hydrogens (tertiary/aromatic N) is 2. The van der Waals surface area contributed by atoms with Crippen LogP contribution in [0, 0.1) is 5.92 Å². The molecule has 0 unspecified atom stereocenters. The van der Waals surface area contributed by atoms with Crippen molar-refractivity contribution in [2.75, 3.05) is 27.2 Å². The molecule has 2 aliphatic rings. The van der Waals surface area contributed by atoms with E-state index in [1.165, 1.54) is 4.90 Å². The van der Waals surface area contributed by atoms with E-state index in [-0.39, 0.29) is 12.0 Å². The van der Waals surface area contributed by atoms with Gasteiger partial charge in [-0.2, -0.15) is 0 Å². The van der Waals surface area contributed by atoms with Gasteiger partial charge in [0.05, 0.1) is 38.9 Å². The van der Waals surface area contributed by atoms with E-state index in [0.717, 1.165) is 30.4 Å². The molecule has 2 N–H and O–H groups in total. The van der Waals surface area contributed by atoms with E-state index in [2.05, 4.69) is 35.5 Å². The number of allylic oxidation sites excluding steroid dienone is 2. The van der Waals surface area contributed by atoms with Gasteiger partial charge >= 0.3 is 0 Å². The lowest BCUT2D eigenvalue weighted by Gasteiger charge is -2.27. The van der Waals surface area contributed by atoms with Crippen molar-refractivity contribution in [1.82, 2.24) is 5.32 Å². The summed E-state index contributed by atoms with van der Waals surface area (Å²) in [5.74, 6) is 1.21. The highest BCUT2D eigenvalue weighted by atomic mass is 35.5. The molecule has 0 aromatic rings. The van der Waals surface area contributed by atoms with Crippen LogP contribution in [0.3, 0.4) is 0 Å². The molecule has 0 saturated carbocycles. The molecule has 0 aromatic heterocycles. The van der Waals surface area contributed by atoms with Crippen LogP contribution in [-0.4, -0.2) is 45.4 Å². The molecule has 0 spiro atoms. The maximum Gasteiger partial charge on any atom is 0.111 e. The van der Waals surface area contributed by atoms with Crippen molar-refractivity contribution < 1.29 is 4.90 Å². The number of hydrogen-bond donors (Lipinski definition) is 2. The molecule has 1 aliphatic heterocycles. The van der Waals surface area contributed by atoms with Gasteiger partial charge in [0.2, 0.25) is 0 Å². The highest BCUT2D eigenvalue weighted by molar-refractivity contribution is 6.31. The standard InChI is InChI=1S/C13H19ClN4/c1-18(2)7-3-6-15-13-11-5-4-10(14)8-12(11)16-9-17-13/h4-5,8-9,11-12H,3,6-7H2,1-2H3,(H,15,16,17)/p+1/t11-,12-/m0/s1. The first-order valence-corrected chi connectivity index (χ1v) is 6.71. The van der Waals surface area contributed by atoms with E-state index >= 15 is 0 Å². The number of rotatable bonds is 4. The van der Waals surface area contributed by atoms with Crippen LogP contribution in [0.1, 0.15) is 6.42 Å². The second-order valence-corrected chi connectivity index (χ2v) is 5.36. The highest BCUT2D eigenvalue weighted by Crippen LogP contribution is 2.24. The van der Waals surface area contributed by atoms with Crippen LogP contribution in [-0.2, 0) is 0 Å². The molecule has 98 valence electrons. The first kappa shape index (κ1) is 13.3. The Kier molecular flexibility index (Phi) is 4.55. The Morgan fingerprint density at radius 1 is 1.50 bits per heavy atom.